The molecule has 4 heteroatoms. The zero-order valence-corrected chi connectivity index (χ0v) is 12.5. The van der Waals surface area contributed by atoms with Gasteiger partial charge in [0.15, 0.2) is 5.69 Å². The molecule has 0 saturated heterocycles. The van der Waals surface area contributed by atoms with Crippen molar-refractivity contribution in [2.24, 2.45) is 5.92 Å². The number of carbonyl (C=O) groups excluding carboxylic acids is 1. The molecule has 1 aromatic carbocycles. The van der Waals surface area contributed by atoms with Gasteiger partial charge < -0.3 is 5.32 Å². The summed E-state index contributed by atoms with van der Waals surface area (Å²) in [4.78, 5) is 12.5. The lowest BCUT2D eigenvalue weighted by molar-refractivity contribution is 0.0933. The number of benzene rings is 1. The summed E-state index contributed by atoms with van der Waals surface area (Å²) in [6.07, 6.45) is 3.09. The highest BCUT2D eigenvalue weighted by atomic mass is 16.2. The van der Waals surface area contributed by atoms with Gasteiger partial charge >= 0.3 is 0 Å². The number of aromatic amines is 1. The van der Waals surface area contributed by atoms with Crippen molar-refractivity contribution in [3.63, 3.8) is 0 Å². The molecule has 1 aliphatic carbocycles. The quantitative estimate of drug-likeness (QED) is 0.909. The van der Waals surface area contributed by atoms with Crippen LogP contribution in [0, 0.1) is 5.92 Å². The molecule has 0 saturated carbocycles. The van der Waals surface area contributed by atoms with Gasteiger partial charge in [-0.15, -0.1) is 0 Å². The van der Waals surface area contributed by atoms with E-state index in [1.165, 1.54) is 0 Å². The van der Waals surface area contributed by atoms with Crippen molar-refractivity contribution in [3.05, 3.63) is 52.8 Å². The van der Waals surface area contributed by atoms with Crippen LogP contribution in [-0.2, 0) is 12.8 Å². The first kappa shape index (κ1) is 13.9. The number of fused-ring (bicyclic) bond motifs is 1. The summed E-state index contributed by atoms with van der Waals surface area (Å²) < 4.78 is 0. The number of aryl methyl sites for hydroxylation is 1. The maximum Gasteiger partial charge on any atom is 0.272 e. The molecule has 2 atom stereocenters. The molecular weight excluding hydrogens is 262 g/mol. The molecule has 110 valence electrons. The lowest BCUT2D eigenvalue weighted by Crippen LogP contribution is -2.28. The van der Waals surface area contributed by atoms with Gasteiger partial charge in [-0.2, -0.15) is 5.10 Å². The highest BCUT2D eigenvalue weighted by molar-refractivity contribution is 5.94. The summed E-state index contributed by atoms with van der Waals surface area (Å²) >= 11 is 0. The summed E-state index contributed by atoms with van der Waals surface area (Å²) in [5, 5.41) is 10.3. The fraction of sp³-hybridized carbons (Fsp3) is 0.412. The number of carbonyl (C=O) groups is 1. The number of amides is 1. The average Bonchev–Trinajstić information content (AvgIpc) is 2.91. The van der Waals surface area contributed by atoms with Crippen LogP contribution in [0.3, 0.4) is 0 Å². The Kier molecular flexibility index (Phi) is 3.78. The van der Waals surface area contributed by atoms with Gasteiger partial charge in [-0.1, -0.05) is 37.3 Å². The summed E-state index contributed by atoms with van der Waals surface area (Å²) in [6.45, 7) is 4.22. The van der Waals surface area contributed by atoms with Crippen LogP contribution in [0.1, 0.15) is 53.6 Å². The van der Waals surface area contributed by atoms with E-state index in [4.69, 9.17) is 0 Å². The number of aromatic nitrogens is 2. The van der Waals surface area contributed by atoms with E-state index in [1.54, 1.807) is 0 Å². The van der Waals surface area contributed by atoms with E-state index in [-0.39, 0.29) is 11.9 Å². The smallest absolute Gasteiger partial charge is 0.272 e. The topological polar surface area (TPSA) is 57.8 Å². The van der Waals surface area contributed by atoms with Crippen molar-refractivity contribution in [2.75, 3.05) is 0 Å². The Morgan fingerprint density at radius 3 is 2.90 bits per heavy atom. The lowest BCUT2D eigenvalue weighted by Gasteiger charge is -2.19. The highest BCUT2D eigenvalue weighted by Gasteiger charge is 2.25. The van der Waals surface area contributed by atoms with Crippen LogP contribution in [-0.4, -0.2) is 16.1 Å². The predicted molar refractivity (Wildman–Crippen MR) is 82.1 cm³/mol. The van der Waals surface area contributed by atoms with E-state index in [2.05, 4.69) is 22.4 Å². The third-order valence-electron chi connectivity index (χ3n) is 4.25. The molecule has 3 rings (SSSR count). The minimum atomic E-state index is -0.0852. The number of nitrogens with one attached hydrogen (secondary N) is 2. The third kappa shape index (κ3) is 2.84. The first-order chi connectivity index (χ1) is 10.1. The average molecular weight is 283 g/mol. The summed E-state index contributed by atoms with van der Waals surface area (Å²) in [5.41, 5.74) is 3.90. The third-order valence-corrected chi connectivity index (χ3v) is 4.25. The highest BCUT2D eigenvalue weighted by Crippen LogP contribution is 2.26. The fourth-order valence-corrected chi connectivity index (χ4v) is 2.95. The van der Waals surface area contributed by atoms with Gasteiger partial charge in [0.1, 0.15) is 0 Å². The molecule has 1 heterocycles. The van der Waals surface area contributed by atoms with Gasteiger partial charge in [0.2, 0.25) is 0 Å². The van der Waals surface area contributed by atoms with Crippen LogP contribution in [0.25, 0.3) is 0 Å². The molecule has 1 aliphatic rings. The molecule has 4 nitrogen and oxygen atoms in total. The number of hydrogen-bond acceptors (Lipinski definition) is 2. The van der Waals surface area contributed by atoms with Gasteiger partial charge in [-0.25, -0.2) is 0 Å². The van der Waals surface area contributed by atoms with Crippen molar-refractivity contribution in [1.82, 2.24) is 15.5 Å². The van der Waals surface area contributed by atoms with Crippen molar-refractivity contribution in [2.45, 2.75) is 39.2 Å². The Balaban J connectivity index is 1.76. The van der Waals surface area contributed by atoms with Gasteiger partial charge in [-0.05, 0) is 37.7 Å². The minimum Gasteiger partial charge on any atom is -0.344 e. The van der Waals surface area contributed by atoms with Crippen LogP contribution in [0.4, 0.5) is 0 Å². The van der Waals surface area contributed by atoms with Gasteiger partial charge in [0.25, 0.3) is 5.91 Å². The normalized spacial score (nSPS) is 18.9. The van der Waals surface area contributed by atoms with Gasteiger partial charge in [-0.3, -0.25) is 9.89 Å². The molecule has 1 aromatic heterocycles. The van der Waals surface area contributed by atoms with E-state index in [1.807, 2.05) is 37.3 Å². The second-order valence-electron chi connectivity index (χ2n) is 5.98. The molecule has 1 amide bonds. The number of nitrogens with zero attached hydrogens (tertiary/aromatic N) is 1. The molecule has 2 N–H and O–H groups in total. The maximum absolute atomic E-state index is 12.5. The van der Waals surface area contributed by atoms with E-state index < -0.39 is 0 Å². The van der Waals surface area contributed by atoms with Crippen LogP contribution in [0.15, 0.2) is 30.3 Å². The van der Waals surface area contributed by atoms with Crippen LogP contribution < -0.4 is 5.32 Å². The van der Waals surface area contributed by atoms with E-state index in [9.17, 15) is 4.79 Å². The summed E-state index contributed by atoms with van der Waals surface area (Å²) in [6, 6.07) is 9.96. The van der Waals surface area contributed by atoms with Gasteiger partial charge in [0, 0.05) is 11.3 Å². The Morgan fingerprint density at radius 1 is 1.38 bits per heavy atom. The van der Waals surface area contributed by atoms with Crippen LogP contribution in [0.2, 0.25) is 0 Å². The Bertz CT molecular complexity index is 633. The van der Waals surface area contributed by atoms with Crippen molar-refractivity contribution in [3.8, 4) is 0 Å². The van der Waals surface area contributed by atoms with E-state index >= 15 is 0 Å². The SMILES string of the molecule is C[C@@H]1CCc2[nH]nc(C(=O)N[C@@H](C)c3ccccc3)c2C1. The Morgan fingerprint density at radius 2 is 2.14 bits per heavy atom. The zero-order chi connectivity index (χ0) is 14.8. The Hall–Kier alpha value is -2.10. The van der Waals surface area contributed by atoms with Crippen molar-refractivity contribution < 1.29 is 4.79 Å². The molecular formula is C17H21N3O. The van der Waals surface area contributed by atoms with Crippen molar-refractivity contribution >= 4 is 5.91 Å². The standard InChI is InChI=1S/C17H21N3O/c1-11-8-9-15-14(10-11)16(20-19-15)17(21)18-12(2)13-6-4-3-5-7-13/h3-7,11-12H,8-10H2,1-2H3,(H,18,21)(H,19,20)/t11-,12+/m1/s1. The monoisotopic (exact) mass is 283 g/mol. The Labute approximate surface area is 125 Å². The molecule has 0 radical (unpaired) electrons. The van der Waals surface area contributed by atoms with E-state index in [0.717, 1.165) is 36.1 Å². The molecule has 0 bridgehead atoms. The second-order valence-corrected chi connectivity index (χ2v) is 5.98. The zero-order valence-electron chi connectivity index (χ0n) is 12.5. The number of rotatable bonds is 3. The molecule has 21 heavy (non-hydrogen) atoms. The van der Waals surface area contributed by atoms with Gasteiger partial charge in [0.05, 0.1) is 6.04 Å². The first-order valence-corrected chi connectivity index (χ1v) is 7.57. The van der Waals surface area contributed by atoms with Crippen LogP contribution in [0.5, 0.6) is 0 Å². The minimum absolute atomic E-state index is 0.0212. The van der Waals surface area contributed by atoms with E-state index in [0.29, 0.717) is 11.6 Å². The summed E-state index contributed by atoms with van der Waals surface area (Å²) in [7, 11) is 0. The maximum atomic E-state index is 12.5. The lowest BCUT2D eigenvalue weighted by atomic mass is 9.87. The van der Waals surface area contributed by atoms with Crippen LogP contribution >= 0.6 is 0 Å². The first-order valence-electron chi connectivity index (χ1n) is 7.57. The molecule has 0 unspecified atom stereocenters. The number of hydrogen-bond donors (Lipinski definition) is 2. The largest absolute Gasteiger partial charge is 0.344 e. The molecule has 0 spiro atoms. The molecule has 0 aliphatic heterocycles. The number of H-pyrrole nitrogens is 1. The van der Waals surface area contributed by atoms with Crippen molar-refractivity contribution in [1.29, 1.82) is 0 Å². The predicted octanol–water partition coefficient (Wildman–Crippen LogP) is 3.03. The molecule has 2 aromatic rings. The molecule has 0 fully saturated rings. The fourth-order valence-electron chi connectivity index (χ4n) is 2.95. The second kappa shape index (κ2) is 5.72. The summed E-state index contributed by atoms with van der Waals surface area (Å²) in [5.74, 6) is 0.533.